The Hall–Kier alpha value is -1.60. The molecule has 1 aromatic heterocycles. The summed E-state index contributed by atoms with van der Waals surface area (Å²) in [6.07, 6.45) is 3.63. The van der Waals surface area contributed by atoms with Crippen LogP contribution in [0.1, 0.15) is 19.8 Å². The van der Waals surface area contributed by atoms with Crippen molar-refractivity contribution in [3.8, 4) is 6.07 Å². The Morgan fingerprint density at radius 1 is 1.61 bits per heavy atom. The number of nitrogens with one attached hydrogen (secondary N) is 1. The summed E-state index contributed by atoms with van der Waals surface area (Å²) in [7, 11) is 0. The first-order valence-electron chi connectivity index (χ1n) is 6.55. The van der Waals surface area contributed by atoms with Gasteiger partial charge in [0.15, 0.2) is 0 Å². The van der Waals surface area contributed by atoms with Crippen LogP contribution in [0.2, 0.25) is 0 Å². The van der Waals surface area contributed by atoms with Crippen molar-refractivity contribution in [1.29, 1.82) is 5.26 Å². The molecule has 2 heterocycles. The van der Waals surface area contributed by atoms with Crippen LogP contribution in [-0.2, 0) is 0 Å². The Morgan fingerprint density at radius 2 is 2.50 bits per heavy atom. The number of hydrogen-bond donors (Lipinski definition) is 1. The summed E-state index contributed by atoms with van der Waals surface area (Å²) in [5.74, 6) is 1.61. The van der Waals surface area contributed by atoms with Crippen LogP contribution in [0.15, 0.2) is 24.4 Å². The van der Waals surface area contributed by atoms with E-state index in [-0.39, 0.29) is 0 Å². The highest BCUT2D eigenvalue weighted by atomic mass is 15.2. The summed E-state index contributed by atoms with van der Waals surface area (Å²) >= 11 is 0. The standard InChI is InChI=1S/C14H20N4/c1-12(5-7-15)18-9-6-13(11-18)10-17-14-4-2-3-8-16-14/h2-4,8,12-13H,5-6,9-11H2,1H3,(H,16,17). The quantitative estimate of drug-likeness (QED) is 0.862. The molecule has 1 N–H and O–H groups in total. The zero-order valence-corrected chi connectivity index (χ0v) is 10.8. The fraction of sp³-hybridized carbons (Fsp3) is 0.571. The minimum absolute atomic E-state index is 0.384. The molecule has 0 bridgehead atoms. The summed E-state index contributed by atoms with van der Waals surface area (Å²) in [5.41, 5.74) is 0. The summed E-state index contributed by atoms with van der Waals surface area (Å²) < 4.78 is 0. The van der Waals surface area contributed by atoms with E-state index in [4.69, 9.17) is 5.26 Å². The van der Waals surface area contributed by atoms with Crippen molar-refractivity contribution < 1.29 is 0 Å². The molecule has 0 saturated carbocycles. The Bertz CT molecular complexity index is 398. The molecule has 2 unspecified atom stereocenters. The van der Waals surface area contributed by atoms with Crippen LogP contribution >= 0.6 is 0 Å². The number of nitriles is 1. The van der Waals surface area contributed by atoms with Crippen molar-refractivity contribution in [1.82, 2.24) is 9.88 Å². The number of rotatable bonds is 5. The molecule has 1 aliphatic heterocycles. The number of hydrogen-bond acceptors (Lipinski definition) is 4. The van der Waals surface area contributed by atoms with Gasteiger partial charge in [-0.3, -0.25) is 4.90 Å². The van der Waals surface area contributed by atoms with E-state index in [1.807, 2.05) is 18.2 Å². The van der Waals surface area contributed by atoms with Gasteiger partial charge in [0.05, 0.1) is 12.5 Å². The molecule has 0 radical (unpaired) electrons. The molecule has 1 fully saturated rings. The zero-order valence-electron chi connectivity index (χ0n) is 10.8. The molecule has 0 aliphatic carbocycles. The summed E-state index contributed by atoms with van der Waals surface area (Å²) in [4.78, 5) is 6.67. The number of nitrogens with zero attached hydrogens (tertiary/aromatic N) is 3. The van der Waals surface area contributed by atoms with Crippen molar-refractivity contribution >= 4 is 5.82 Å². The van der Waals surface area contributed by atoms with Gasteiger partial charge in [-0.2, -0.15) is 5.26 Å². The largest absolute Gasteiger partial charge is 0.370 e. The van der Waals surface area contributed by atoms with Gasteiger partial charge >= 0.3 is 0 Å². The van der Waals surface area contributed by atoms with E-state index in [2.05, 4.69) is 28.2 Å². The van der Waals surface area contributed by atoms with Gasteiger partial charge < -0.3 is 5.32 Å². The Kier molecular flexibility index (Phi) is 4.54. The van der Waals surface area contributed by atoms with Crippen LogP contribution < -0.4 is 5.32 Å². The first-order chi connectivity index (χ1) is 8.79. The minimum Gasteiger partial charge on any atom is -0.370 e. The van der Waals surface area contributed by atoms with Gasteiger partial charge in [0.25, 0.3) is 0 Å². The van der Waals surface area contributed by atoms with Crippen molar-refractivity contribution in [2.24, 2.45) is 5.92 Å². The number of pyridine rings is 1. The van der Waals surface area contributed by atoms with Gasteiger partial charge in [-0.15, -0.1) is 0 Å². The van der Waals surface area contributed by atoms with Gasteiger partial charge in [0, 0.05) is 25.3 Å². The molecule has 0 amide bonds. The first-order valence-corrected chi connectivity index (χ1v) is 6.55. The third-order valence-corrected chi connectivity index (χ3v) is 3.56. The second-order valence-corrected chi connectivity index (χ2v) is 4.96. The normalized spacial score (nSPS) is 21.4. The maximum Gasteiger partial charge on any atom is 0.125 e. The maximum atomic E-state index is 8.72. The highest BCUT2D eigenvalue weighted by molar-refractivity contribution is 5.33. The van der Waals surface area contributed by atoms with E-state index < -0.39 is 0 Å². The Labute approximate surface area is 109 Å². The molecule has 4 nitrogen and oxygen atoms in total. The van der Waals surface area contributed by atoms with Crippen molar-refractivity contribution in [3.05, 3.63) is 24.4 Å². The summed E-state index contributed by atoms with van der Waals surface area (Å²) in [6, 6.07) is 8.54. The Morgan fingerprint density at radius 3 is 3.22 bits per heavy atom. The molecule has 18 heavy (non-hydrogen) atoms. The van der Waals surface area contributed by atoms with E-state index in [0.717, 1.165) is 25.5 Å². The van der Waals surface area contributed by atoms with E-state index in [1.54, 1.807) is 6.20 Å². The molecule has 2 rings (SSSR count). The zero-order chi connectivity index (χ0) is 12.8. The summed E-state index contributed by atoms with van der Waals surface area (Å²) in [5, 5.41) is 12.1. The van der Waals surface area contributed by atoms with Crippen molar-refractivity contribution in [2.75, 3.05) is 25.0 Å². The predicted molar refractivity (Wildman–Crippen MR) is 72.1 cm³/mol. The SMILES string of the molecule is CC(CC#N)N1CCC(CNc2ccccn2)C1. The molecule has 2 atom stereocenters. The van der Waals surface area contributed by atoms with Gasteiger partial charge in [0.1, 0.15) is 5.82 Å². The maximum absolute atomic E-state index is 8.72. The fourth-order valence-electron chi connectivity index (χ4n) is 2.41. The van der Waals surface area contributed by atoms with E-state index >= 15 is 0 Å². The van der Waals surface area contributed by atoms with Crippen molar-refractivity contribution in [3.63, 3.8) is 0 Å². The highest BCUT2D eigenvalue weighted by Gasteiger charge is 2.25. The van der Waals surface area contributed by atoms with Crippen LogP contribution in [0.3, 0.4) is 0 Å². The van der Waals surface area contributed by atoms with E-state index in [9.17, 15) is 0 Å². The lowest BCUT2D eigenvalue weighted by Gasteiger charge is -2.22. The van der Waals surface area contributed by atoms with Crippen LogP contribution in [0, 0.1) is 17.2 Å². The molecule has 0 spiro atoms. The molecule has 1 aliphatic rings. The topological polar surface area (TPSA) is 52.0 Å². The molecule has 1 aromatic rings. The second kappa shape index (κ2) is 6.36. The molecule has 1 saturated heterocycles. The molecule has 0 aromatic carbocycles. The number of anilines is 1. The smallest absolute Gasteiger partial charge is 0.125 e. The number of likely N-dealkylation sites (tertiary alicyclic amines) is 1. The van der Waals surface area contributed by atoms with Gasteiger partial charge in [-0.25, -0.2) is 4.98 Å². The highest BCUT2D eigenvalue weighted by Crippen LogP contribution is 2.20. The summed E-state index contributed by atoms with van der Waals surface area (Å²) in [6.45, 7) is 5.30. The van der Waals surface area contributed by atoms with Gasteiger partial charge in [-0.05, 0) is 37.9 Å². The molecular weight excluding hydrogens is 224 g/mol. The first kappa shape index (κ1) is 12.8. The third kappa shape index (κ3) is 3.44. The molecular formula is C14H20N4. The van der Waals surface area contributed by atoms with Crippen molar-refractivity contribution in [2.45, 2.75) is 25.8 Å². The van der Waals surface area contributed by atoms with Gasteiger partial charge in [-0.1, -0.05) is 6.07 Å². The molecule has 96 valence electrons. The third-order valence-electron chi connectivity index (χ3n) is 3.56. The Balaban J connectivity index is 1.75. The predicted octanol–water partition coefficient (Wildman–Crippen LogP) is 2.12. The van der Waals surface area contributed by atoms with Crippen LogP contribution in [0.4, 0.5) is 5.82 Å². The van der Waals surface area contributed by atoms with Crippen LogP contribution in [-0.4, -0.2) is 35.6 Å². The average Bonchev–Trinajstić information content (AvgIpc) is 2.87. The lowest BCUT2D eigenvalue weighted by Crippen LogP contribution is -2.31. The lowest BCUT2D eigenvalue weighted by atomic mass is 10.1. The lowest BCUT2D eigenvalue weighted by molar-refractivity contribution is 0.253. The monoisotopic (exact) mass is 244 g/mol. The van der Waals surface area contributed by atoms with E-state index in [1.165, 1.54) is 6.42 Å². The van der Waals surface area contributed by atoms with E-state index in [0.29, 0.717) is 18.4 Å². The van der Waals surface area contributed by atoms with Gasteiger partial charge in [0.2, 0.25) is 0 Å². The second-order valence-electron chi connectivity index (χ2n) is 4.96. The fourth-order valence-corrected chi connectivity index (χ4v) is 2.41. The van der Waals surface area contributed by atoms with Crippen LogP contribution in [0.5, 0.6) is 0 Å². The molecule has 4 heteroatoms. The number of aromatic nitrogens is 1. The van der Waals surface area contributed by atoms with Crippen LogP contribution in [0.25, 0.3) is 0 Å². The average molecular weight is 244 g/mol. The minimum atomic E-state index is 0.384.